The van der Waals surface area contributed by atoms with Gasteiger partial charge in [-0.2, -0.15) is 15.0 Å². The van der Waals surface area contributed by atoms with E-state index < -0.39 is 0 Å². The first-order valence-electron chi connectivity index (χ1n) is 9.22. The molecule has 0 saturated carbocycles. The lowest BCUT2D eigenvalue weighted by atomic mass is 10.2. The minimum Gasteiger partial charge on any atom is -0.482 e. The largest absolute Gasteiger partial charge is 0.482 e. The van der Waals surface area contributed by atoms with Crippen molar-refractivity contribution in [2.24, 2.45) is 0 Å². The number of aryl methyl sites for hydroxylation is 1. The number of nitrogens with one attached hydrogen (secondary N) is 1. The van der Waals surface area contributed by atoms with Gasteiger partial charge in [0, 0.05) is 5.69 Å². The molecule has 2 heterocycles. The van der Waals surface area contributed by atoms with E-state index in [1.807, 2.05) is 43.3 Å². The van der Waals surface area contributed by atoms with Crippen LogP contribution in [-0.4, -0.2) is 25.1 Å². The number of benzene rings is 2. The molecule has 0 bridgehead atoms. The fraction of sp³-hybridized carbons (Fsp3) is 0.150. The van der Waals surface area contributed by atoms with Gasteiger partial charge in [0.1, 0.15) is 11.6 Å². The molecule has 4 rings (SSSR count). The van der Waals surface area contributed by atoms with E-state index in [0.29, 0.717) is 39.4 Å². The van der Waals surface area contributed by atoms with Crippen LogP contribution in [0.25, 0.3) is 0 Å². The smallest absolute Gasteiger partial charge is 0.277 e. The van der Waals surface area contributed by atoms with Crippen LogP contribution in [0.5, 0.6) is 5.75 Å². The second-order valence-corrected chi connectivity index (χ2v) is 7.68. The summed E-state index contributed by atoms with van der Waals surface area (Å²) in [7, 11) is 0. The number of anilines is 3. The van der Waals surface area contributed by atoms with Crippen molar-refractivity contribution in [3.05, 3.63) is 70.8 Å². The maximum atomic E-state index is 6.07. The zero-order valence-electron chi connectivity index (χ0n) is 16.4. The molecule has 2 aromatic carbocycles. The van der Waals surface area contributed by atoms with Crippen molar-refractivity contribution < 1.29 is 9.15 Å². The quantitative estimate of drug-likeness (QED) is 0.369. The molecule has 0 aliphatic carbocycles. The number of para-hydroxylation sites is 2. The first-order valence-corrected chi connectivity index (χ1v) is 10.6. The summed E-state index contributed by atoms with van der Waals surface area (Å²) < 4.78 is 11.2. The van der Waals surface area contributed by atoms with Gasteiger partial charge in [-0.05, 0) is 30.7 Å². The maximum Gasteiger partial charge on any atom is 0.277 e. The number of nitrogen functional groups attached to an aromatic ring is 1. The maximum absolute atomic E-state index is 6.07. The zero-order chi connectivity index (χ0) is 21.6. The van der Waals surface area contributed by atoms with Crippen LogP contribution >= 0.6 is 23.4 Å². The van der Waals surface area contributed by atoms with E-state index >= 15 is 0 Å². The van der Waals surface area contributed by atoms with Gasteiger partial charge in [-0.1, -0.05) is 53.7 Å². The van der Waals surface area contributed by atoms with Crippen LogP contribution in [0, 0.1) is 6.92 Å². The molecule has 0 atom stereocenters. The number of thioether (sulfide) groups is 1. The average Bonchev–Trinajstić information content (AvgIpc) is 3.21. The minimum absolute atomic E-state index is 0.112. The van der Waals surface area contributed by atoms with Crippen LogP contribution in [0.1, 0.15) is 17.3 Å². The molecule has 0 spiro atoms. The van der Waals surface area contributed by atoms with E-state index in [9.17, 15) is 0 Å². The third-order valence-electron chi connectivity index (χ3n) is 4.05. The average molecular weight is 456 g/mol. The van der Waals surface area contributed by atoms with E-state index in [2.05, 4.69) is 30.5 Å². The first kappa shape index (κ1) is 20.9. The standard InChI is InChI=1S/C20H18ClN7O2S/c1-12-6-2-4-8-14(12)23-19-25-16(24-18(22)26-19)11-31-20-28-27-17(30-20)10-29-15-9-5-3-7-13(15)21/h2-9H,10-11H2,1H3,(H3,22,23,24,25,26). The van der Waals surface area contributed by atoms with Gasteiger partial charge in [-0.15, -0.1) is 10.2 Å². The van der Waals surface area contributed by atoms with E-state index in [0.717, 1.165) is 11.3 Å². The Kier molecular flexibility index (Phi) is 6.48. The van der Waals surface area contributed by atoms with Crippen molar-refractivity contribution >= 4 is 40.9 Å². The van der Waals surface area contributed by atoms with Crippen molar-refractivity contribution in [2.75, 3.05) is 11.1 Å². The predicted octanol–water partition coefficient (Wildman–Crippen LogP) is 4.41. The molecule has 3 N–H and O–H groups in total. The molecular weight excluding hydrogens is 438 g/mol. The second-order valence-electron chi connectivity index (χ2n) is 6.34. The lowest BCUT2D eigenvalue weighted by Crippen LogP contribution is -2.07. The molecule has 0 fully saturated rings. The van der Waals surface area contributed by atoms with E-state index in [4.69, 9.17) is 26.5 Å². The van der Waals surface area contributed by atoms with Crippen molar-refractivity contribution in [3.63, 3.8) is 0 Å². The van der Waals surface area contributed by atoms with Crippen LogP contribution in [0.3, 0.4) is 0 Å². The van der Waals surface area contributed by atoms with Crippen LogP contribution in [0.2, 0.25) is 5.02 Å². The molecule has 31 heavy (non-hydrogen) atoms. The highest BCUT2D eigenvalue weighted by molar-refractivity contribution is 7.98. The highest BCUT2D eigenvalue weighted by atomic mass is 35.5. The van der Waals surface area contributed by atoms with Crippen LogP contribution in [0.4, 0.5) is 17.6 Å². The lowest BCUT2D eigenvalue weighted by Gasteiger charge is -2.09. The Morgan fingerprint density at radius 1 is 1.06 bits per heavy atom. The van der Waals surface area contributed by atoms with Gasteiger partial charge in [-0.25, -0.2) is 0 Å². The van der Waals surface area contributed by atoms with Gasteiger partial charge in [0.05, 0.1) is 10.8 Å². The molecule has 0 aliphatic heterocycles. The van der Waals surface area contributed by atoms with Gasteiger partial charge < -0.3 is 20.2 Å². The SMILES string of the molecule is Cc1ccccc1Nc1nc(N)nc(CSc2nnc(COc3ccccc3Cl)o2)n1. The summed E-state index contributed by atoms with van der Waals surface area (Å²) in [6, 6.07) is 15.0. The zero-order valence-corrected chi connectivity index (χ0v) is 18.0. The number of nitrogens with two attached hydrogens (primary N) is 1. The third kappa shape index (κ3) is 5.62. The van der Waals surface area contributed by atoms with Gasteiger partial charge >= 0.3 is 0 Å². The van der Waals surface area contributed by atoms with Crippen LogP contribution in [-0.2, 0) is 12.4 Å². The van der Waals surface area contributed by atoms with Gasteiger partial charge in [-0.3, -0.25) is 0 Å². The van der Waals surface area contributed by atoms with Gasteiger partial charge in [0.25, 0.3) is 11.1 Å². The Balaban J connectivity index is 1.37. The van der Waals surface area contributed by atoms with Crippen molar-refractivity contribution in [2.45, 2.75) is 24.5 Å². The molecule has 11 heteroatoms. The van der Waals surface area contributed by atoms with Crippen LogP contribution in [0.15, 0.2) is 58.2 Å². The Morgan fingerprint density at radius 3 is 2.71 bits per heavy atom. The molecule has 0 saturated heterocycles. The van der Waals surface area contributed by atoms with E-state index in [1.165, 1.54) is 11.8 Å². The molecule has 4 aromatic rings. The number of rotatable bonds is 8. The van der Waals surface area contributed by atoms with Crippen molar-refractivity contribution in [1.82, 2.24) is 25.1 Å². The number of hydrogen-bond acceptors (Lipinski definition) is 10. The molecule has 158 valence electrons. The third-order valence-corrected chi connectivity index (χ3v) is 5.18. The molecular formula is C20H18ClN7O2S. The van der Waals surface area contributed by atoms with Gasteiger partial charge in [0.2, 0.25) is 11.9 Å². The van der Waals surface area contributed by atoms with Crippen molar-refractivity contribution in [1.29, 1.82) is 0 Å². The number of halogens is 1. The summed E-state index contributed by atoms with van der Waals surface area (Å²) in [6.07, 6.45) is 0. The number of hydrogen-bond donors (Lipinski definition) is 2. The summed E-state index contributed by atoms with van der Waals surface area (Å²) in [6.45, 7) is 2.10. The Morgan fingerprint density at radius 2 is 1.87 bits per heavy atom. The summed E-state index contributed by atoms with van der Waals surface area (Å²) in [4.78, 5) is 12.7. The molecule has 0 amide bonds. The van der Waals surface area contributed by atoms with E-state index in [-0.39, 0.29) is 12.6 Å². The van der Waals surface area contributed by atoms with Crippen LogP contribution < -0.4 is 15.8 Å². The molecule has 0 aliphatic rings. The van der Waals surface area contributed by atoms with Gasteiger partial charge in [0.15, 0.2) is 6.61 Å². The molecule has 9 nitrogen and oxygen atoms in total. The molecule has 0 unspecified atom stereocenters. The fourth-order valence-electron chi connectivity index (χ4n) is 2.57. The summed E-state index contributed by atoms with van der Waals surface area (Å²) in [5, 5.41) is 12.0. The topological polar surface area (TPSA) is 125 Å². The monoisotopic (exact) mass is 455 g/mol. The number of nitrogens with zero attached hydrogens (tertiary/aromatic N) is 5. The molecule has 0 radical (unpaired) electrons. The van der Waals surface area contributed by atoms with Crippen molar-refractivity contribution in [3.8, 4) is 5.75 Å². The normalized spacial score (nSPS) is 10.8. The number of ether oxygens (including phenoxy) is 1. The molecule has 2 aromatic heterocycles. The summed E-state index contributed by atoms with van der Waals surface area (Å²) in [5.41, 5.74) is 7.80. The number of aromatic nitrogens is 5. The minimum atomic E-state index is 0.112. The predicted molar refractivity (Wildman–Crippen MR) is 118 cm³/mol. The summed E-state index contributed by atoms with van der Waals surface area (Å²) in [5.74, 6) is 2.24. The van der Waals surface area contributed by atoms with E-state index in [1.54, 1.807) is 12.1 Å². The lowest BCUT2D eigenvalue weighted by molar-refractivity contribution is 0.252. The highest BCUT2D eigenvalue weighted by Gasteiger charge is 2.12. The second kappa shape index (κ2) is 9.63. The Labute approximate surface area is 187 Å². The first-order chi connectivity index (χ1) is 15.1. The highest BCUT2D eigenvalue weighted by Crippen LogP contribution is 2.25. The Bertz CT molecular complexity index is 1190. The Hall–Kier alpha value is -3.37. The fourth-order valence-corrected chi connectivity index (χ4v) is 3.40. The summed E-state index contributed by atoms with van der Waals surface area (Å²) >= 11 is 7.36.